The maximum atomic E-state index is 13.1. The fourth-order valence-corrected chi connectivity index (χ4v) is 4.86. The summed E-state index contributed by atoms with van der Waals surface area (Å²) in [5.41, 5.74) is 6.15. The number of hydrogen-bond donors (Lipinski definition) is 3. The third-order valence-corrected chi connectivity index (χ3v) is 6.04. The number of carboxylic acid groups (broad SMARTS) is 1. The Morgan fingerprint density at radius 3 is 2.73 bits per heavy atom. The van der Waals surface area contributed by atoms with Crippen LogP contribution in [0.3, 0.4) is 0 Å². The van der Waals surface area contributed by atoms with Crippen LogP contribution in [0.4, 0.5) is 5.00 Å². The number of carbonyl (C=O) groups is 2. The lowest BCUT2D eigenvalue weighted by molar-refractivity contribution is 0.0684. The van der Waals surface area contributed by atoms with Gasteiger partial charge in [0.1, 0.15) is 5.00 Å². The third kappa shape index (κ3) is 2.54. The summed E-state index contributed by atoms with van der Waals surface area (Å²) in [5, 5.41) is 18.7. The molecule has 1 atom stereocenters. The number of carbonyl (C=O) groups excluding carboxylic acids is 1. The highest BCUT2D eigenvalue weighted by Crippen LogP contribution is 2.51. The maximum Gasteiger partial charge on any atom is 0.338 e. The molecule has 0 spiro atoms. The van der Waals surface area contributed by atoms with Gasteiger partial charge in [-0.15, -0.1) is 11.3 Å². The zero-order chi connectivity index (χ0) is 15.9. The number of fused-ring (bicyclic) bond motifs is 1. The zero-order valence-corrected chi connectivity index (χ0v) is 13.2. The van der Waals surface area contributed by atoms with E-state index in [1.807, 2.05) is 0 Å². The summed E-state index contributed by atoms with van der Waals surface area (Å²) in [6.07, 6.45) is 5.77. The quantitative estimate of drug-likeness (QED) is 0.747. The predicted molar refractivity (Wildman–Crippen MR) is 84.4 cm³/mol. The number of aliphatic hydroxyl groups excluding tert-OH is 1. The van der Waals surface area contributed by atoms with Gasteiger partial charge in [0.05, 0.1) is 10.4 Å². The number of carboxylic acids is 1. The van der Waals surface area contributed by atoms with E-state index in [0.29, 0.717) is 42.0 Å². The van der Waals surface area contributed by atoms with Crippen LogP contribution in [0.25, 0.3) is 0 Å². The van der Waals surface area contributed by atoms with Crippen molar-refractivity contribution < 1.29 is 19.8 Å². The number of hydrogen-bond acceptors (Lipinski definition) is 5. The molecule has 3 rings (SSSR count). The van der Waals surface area contributed by atoms with Crippen LogP contribution in [0, 0.1) is 11.3 Å². The average molecular weight is 323 g/mol. The van der Waals surface area contributed by atoms with Crippen LogP contribution in [-0.2, 0) is 6.42 Å². The number of nitrogens with two attached hydrogens (primary N) is 1. The summed E-state index contributed by atoms with van der Waals surface area (Å²) in [7, 11) is 0. The molecular formula is C16H21NO4S. The van der Waals surface area contributed by atoms with Crippen molar-refractivity contribution in [3.05, 3.63) is 16.0 Å². The molecule has 2 aliphatic carbocycles. The van der Waals surface area contributed by atoms with Crippen LogP contribution in [0.1, 0.15) is 64.1 Å². The molecule has 4 N–H and O–H groups in total. The molecule has 6 heteroatoms. The number of thiophene rings is 1. The van der Waals surface area contributed by atoms with Crippen LogP contribution in [0.15, 0.2) is 0 Å². The molecule has 0 amide bonds. The summed E-state index contributed by atoms with van der Waals surface area (Å²) in [6, 6.07) is 0. The second kappa shape index (κ2) is 5.66. The largest absolute Gasteiger partial charge is 0.478 e. The van der Waals surface area contributed by atoms with Gasteiger partial charge in [0.25, 0.3) is 0 Å². The number of nitrogen functional groups attached to an aromatic ring is 1. The first-order valence-electron chi connectivity index (χ1n) is 7.78. The molecule has 0 radical (unpaired) electrons. The molecule has 120 valence electrons. The van der Waals surface area contributed by atoms with Gasteiger partial charge in [0, 0.05) is 12.0 Å². The van der Waals surface area contributed by atoms with E-state index in [9.17, 15) is 14.7 Å². The first-order valence-corrected chi connectivity index (χ1v) is 8.60. The minimum atomic E-state index is -1.05. The van der Waals surface area contributed by atoms with E-state index in [-0.39, 0.29) is 23.0 Å². The SMILES string of the molecule is Nc1sc2c(c1C(=O)O)CCC(CCCO)(CC1CC1)C2=O. The van der Waals surface area contributed by atoms with Gasteiger partial charge in [-0.25, -0.2) is 4.79 Å². The minimum Gasteiger partial charge on any atom is -0.478 e. The number of aromatic carboxylic acids is 1. The van der Waals surface area contributed by atoms with E-state index in [2.05, 4.69) is 0 Å². The topological polar surface area (TPSA) is 101 Å². The van der Waals surface area contributed by atoms with E-state index < -0.39 is 11.4 Å². The highest BCUT2D eigenvalue weighted by Gasteiger charge is 2.47. The van der Waals surface area contributed by atoms with Crippen molar-refractivity contribution in [3.8, 4) is 0 Å². The summed E-state index contributed by atoms with van der Waals surface area (Å²) in [4.78, 5) is 25.0. The van der Waals surface area contributed by atoms with E-state index >= 15 is 0 Å². The molecule has 5 nitrogen and oxygen atoms in total. The van der Waals surface area contributed by atoms with Gasteiger partial charge in [-0.3, -0.25) is 4.79 Å². The Balaban J connectivity index is 1.97. The number of anilines is 1. The van der Waals surface area contributed by atoms with E-state index in [1.165, 1.54) is 12.8 Å². The zero-order valence-electron chi connectivity index (χ0n) is 12.4. The highest BCUT2D eigenvalue weighted by atomic mass is 32.1. The molecule has 1 aromatic heterocycles. The molecule has 22 heavy (non-hydrogen) atoms. The molecule has 1 aromatic rings. The standard InChI is InChI=1S/C16H21NO4S/c17-14-11(15(20)21)10-4-6-16(5-1-7-18,8-9-2-3-9)13(19)12(10)22-14/h9,18H,1-8,17H2,(H,20,21). The number of ketones is 1. The van der Waals surface area contributed by atoms with Crippen LogP contribution in [0.2, 0.25) is 0 Å². The molecule has 1 saturated carbocycles. The Hall–Kier alpha value is -1.40. The molecule has 0 aromatic carbocycles. The Labute approximate surface area is 133 Å². The van der Waals surface area contributed by atoms with E-state index in [1.54, 1.807) is 0 Å². The monoisotopic (exact) mass is 323 g/mol. The lowest BCUT2D eigenvalue weighted by atomic mass is 9.67. The van der Waals surface area contributed by atoms with Gasteiger partial charge < -0.3 is 15.9 Å². The summed E-state index contributed by atoms with van der Waals surface area (Å²) in [6.45, 7) is 0.0828. The fraction of sp³-hybridized carbons (Fsp3) is 0.625. The molecule has 1 fully saturated rings. The van der Waals surface area contributed by atoms with Crippen molar-refractivity contribution in [1.82, 2.24) is 0 Å². The number of Topliss-reactive ketones (excluding diaryl/α,β-unsaturated/α-hetero) is 1. The second-order valence-corrected chi connectivity index (χ2v) is 7.59. The highest BCUT2D eigenvalue weighted by molar-refractivity contribution is 7.18. The van der Waals surface area contributed by atoms with Crippen LogP contribution >= 0.6 is 11.3 Å². The number of aliphatic hydroxyl groups is 1. The number of rotatable bonds is 6. The predicted octanol–water partition coefficient (Wildman–Crippen LogP) is 2.72. The van der Waals surface area contributed by atoms with Crippen molar-refractivity contribution in [1.29, 1.82) is 0 Å². The Bertz CT molecular complexity index is 620. The van der Waals surface area contributed by atoms with Gasteiger partial charge in [-0.1, -0.05) is 12.8 Å². The minimum absolute atomic E-state index is 0.0540. The second-order valence-electron chi connectivity index (χ2n) is 6.54. The fourth-order valence-electron chi connectivity index (χ4n) is 3.69. The van der Waals surface area contributed by atoms with Crippen molar-refractivity contribution in [3.63, 3.8) is 0 Å². The van der Waals surface area contributed by atoms with Gasteiger partial charge in [-0.05, 0) is 43.6 Å². The summed E-state index contributed by atoms with van der Waals surface area (Å²) in [5.74, 6) is -0.383. The molecule has 2 aliphatic rings. The van der Waals surface area contributed by atoms with Gasteiger partial charge >= 0.3 is 5.97 Å². The summed E-state index contributed by atoms with van der Waals surface area (Å²) < 4.78 is 0. The van der Waals surface area contributed by atoms with Gasteiger partial charge in [-0.2, -0.15) is 0 Å². The Kier molecular flexibility index (Phi) is 3.99. The third-order valence-electron chi connectivity index (χ3n) is 4.98. The van der Waals surface area contributed by atoms with Crippen LogP contribution in [-0.4, -0.2) is 28.6 Å². The molecule has 0 aliphatic heterocycles. The average Bonchev–Trinajstić information content (AvgIpc) is 3.21. The van der Waals surface area contributed by atoms with Gasteiger partial charge in [0.2, 0.25) is 0 Å². The van der Waals surface area contributed by atoms with Crippen molar-refractivity contribution >= 4 is 28.1 Å². The molecule has 0 saturated heterocycles. The van der Waals surface area contributed by atoms with E-state index in [0.717, 1.165) is 17.8 Å². The normalized spacial score (nSPS) is 24.3. The van der Waals surface area contributed by atoms with Crippen molar-refractivity contribution in [2.24, 2.45) is 11.3 Å². The molecule has 0 bridgehead atoms. The molecular weight excluding hydrogens is 302 g/mol. The van der Waals surface area contributed by atoms with Crippen LogP contribution in [0.5, 0.6) is 0 Å². The smallest absolute Gasteiger partial charge is 0.338 e. The Morgan fingerprint density at radius 1 is 1.41 bits per heavy atom. The van der Waals surface area contributed by atoms with Crippen molar-refractivity contribution in [2.45, 2.75) is 44.9 Å². The molecule has 1 unspecified atom stereocenters. The van der Waals surface area contributed by atoms with Crippen LogP contribution < -0.4 is 5.73 Å². The lowest BCUT2D eigenvalue weighted by Crippen LogP contribution is -2.36. The first-order chi connectivity index (χ1) is 10.5. The van der Waals surface area contributed by atoms with E-state index in [4.69, 9.17) is 10.8 Å². The molecule has 1 heterocycles. The lowest BCUT2D eigenvalue weighted by Gasteiger charge is -2.36. The van der Waals surface area contributed by atoms with Crippen molar-refractivity contribution in [2.75, 3.05) is 12.3 Å². The van der Waals surface area contributed by atoms with Gasteiger partial charge in [0.15, 0.2) is 5.78 Å². The Morgan fingerprint density at radius 2 is 2.14 bits per heavy atom. The maximum absolute atomic E-state index is 13.1. The summed E-state index contributed by atoms with van der Waals surface area (Å²) >= 11 is 1.12. The first kappa shape index (κ1) is 15.5.